The topological polar surface area (TPSA) is 175 Å². The minimum atomic E-state index is -1.85. The third-order valence-corrected chi connectivity index (χ3v) is 3.56. The third kappa shape index (κ3) is 3.06. The fourth-order valence-corrected chi connectivity index (χ4v) is 2.52. The van der Waals surface area contributed by atoms with E-state index in [9.17, 15) is 34.5 Å². The average molecular weight is 339 g/mol. The molecule has 0 aromatic heterocycles. The fourth-order valence-electron chi connectivity index (χ4n) is 2.52. The van der Waals surface area contributed by atoms with E-state index in [1.807, 2.05) is 0 Å². The number of carbonyl (C=O) groups excluding carboxylic acids is 3. The van der Waals surface area contributed by atoms with Crippen LogP contribution in [0, 0.1) is 0 Å². The Hall–Kier alpha value is -2.94. The van der Waals surface area contributed by atoms with Crippen molar-refractivity contribution >= 4 is 23.3 Å². The number of aromatic hydroxyl groups is 3. The molecular weight excluding hydrogens is 322 g/mol. The second kappa shape index (κ2) is 6.67. The number of nitrogens with two attached hydrogens (primary N) is 1. The molecule has 0 aliphatic heterocycles. The first-order valence-electron chi connectivity index (χ1n) is 6.74. The monoisotopic (exact) mass is 339 g/mol. The van der Waals surface area contributed by atoms with Crippen LogP contribution < -0.4 is 5.73 Å². The number of hydrogen-bond donors (Lipinski definition) is 5. The highest BCUT2D eigenvalue weighted by Gasteiger charge is 2.38. The molecule has 1 rings (SSSR count). The molecule has 9 heteroatoms. The van der Waals surface area contributed by atoms with Crippen molar-refractivity contribution in [3.63, 3.8) is 0 Å². The van der Waals surface area contributed by atoms with Gasteiger partial charge in [0.25, 0.3) is 0 Å². The minimum absolute atomic E-state index is 0.563. The number of carbonyl (C=O) groups is 4. The van der Waals surface area contributed by atoms with Gasteiger partial charge >= 0.3 is 5.97 Å². The lowest BCUT2D eigenvalue weighted by Gasteiger charge is -2.24. The van der Waals surface area contributed by atoms with Crippen molar-refractivity contribution in [1.82, 2.24) is 0 Å². The van der Waals surface area contributed by atoms with Crippen molar-refractivity contribution in [3.8, 4) is 17.2 Å². The lowest BCUT2D eigenvalue weighted by molar-refractivity contribution is -0.140. The van der Waals surface area contributed by atoms with Crippen LogP contribution in [-0.4, -0.2) is 49.8 Å². The van der Waals surface area contributed by atoms with Crippen LogP contribution in [0.2, 0.25) is 0 Å². The molecule has 1 aromatic rings. The predicted molar refractivity (Wildman–Crippen MR) is 80.5 cm³/mol. The maximum atomic E-state index is 12.0. The van der Waals surface area contributed by atoms with Gasteiger partial charge in [0.1, 0.15) is 11.8 Å². The highest BCUT2D eigenvalue weighted by molar-refractivity contribution is 6.12. The van der Waals surface area contributed by atoms with E-state index >= 15 is 0 Å². The first-order valence-corrected chi connectivity index (χ1v) is 6.74. The van der Waals surface area contributed by atoms with Gasteiger partial charge in [-0.25, -0.2) is 0 Å². The number of phenolic OH excluding ortho intramolecular Hbond substituents is 3. The molecule has 0 saturated heterocycles. The molecule has 1 aromatic carbocycles. The Morgan fingerprint density at radius 1 is 0.833 bits per heavy atom. The summed E-state index contributed by atoms with van der Waals surface area (Å²) in [5.74, 6) is -9.07. The number of Topliss-reactive ketones (excluding diaryl/α,β-unsaturated/α-hetero) is 3. The minimum Gasteiger partial charge on any atom is -0.504 e. The molecule has 0 heterocycles. The second-order valence-electron chi connectivity index (χ2n) is 5.27. The Bertz CT molecular complexity index is 753. The van der Waals surface area contributed by atoms with Crippen molar-refractivity contribution in [1.29, 1.82) is 0 Å². The molecule has 9 nitrogen and oxygen atoms in total. The summed E-state index contributed by atoms with van der Waals surface area (Å²) in [6, 6.07) is -1.85. The maximum absolute atomic E-state index is 12.0. The van der Waals surface area contributed by atoms with Crippen LogP contribution in [0.5, 0.6) is 17.2 Å². The zero-order valence-electron chi connectivity index (χ0n) is 13.2. The zero-order chi connectivity index (χ0) is 18.9. The number of ketones is 3. The van der Waals surface area contributed by atoms with E-state index in [4.69, 9.17) is 10.8 Å². The first kappa shape index (κ1) is 19.1. The summed E-state index contributed by atoms with van der Waals surface area (Å²) in [6.07, 6.45) is 0. The van der Waals surface area contributed by atoms with Crippen LogP contribution in [0.15, 0.2) is 0 Å². The van der Waals surface area contributed by atoms with Gasteiger partial charge in [-0.2, -0.15) is 0 Å². The zero-order valence-corrected chi connectivity index (χ0v) is 13.2. The van der Waals surface area contributed by atoms with E-state index in [1.165, 1.54) is 0 Å². The molecule has 0 aliphatic rings. The molecule has 0 aliphatic carbocycles. The Kier molecular flexibility index (Phi) is 5.31. The number of aliphatic carboxylic acids is 1. The van der Waals surface area contributed by atoms with E-state index in [1.54, 1.807) is 0 Å². The lowest BCUT2D eigenvalue weighted by atomic mass is 9.81. The van der Waals surface area contributed by atoms with E-state index in [0.717, 1.165) is 20.8 Å². The summed E-state index contributed by atoms with van der Waals surface area (Å²) in [7, 11) is 0. The molecule has 0 spiro atoms. The smallest absolute Gasteiger partial charge is 0.321 e. The Balaban J connectivity index is 4.05. The van der Waals surface area contributed by atoms with Gasteiger partial charge in [-0.05, 0) is 20.8 Å². The first-order chi connectivity index (χ1) is 10.9. The maximum Gasteiger partial charge on any atom is 0.321 e. The summed E-state index contributed by atoms with van der Waals surface area (Å²) in [4.78, 5) is 46.8. The molecule has 0 radical (unpaired) electrons. The van der Waals surface area contributed by atoms with Crippen molar-refractivity contribution in [2.75, 3.05) is 0 Å². The Labute approximate surface area is 136 Å². The van der Waals surface area contributed by atoms with Gasteiger partial charge in [-0.15, -0.1) is 0 Å². The molecule has 130 valence electrons. The van der Waals surface area contributed by atoms with Gasteiger partial charge in [0.15, 0.2) is 23.1 Å². The quantitative estimate of drug-likeness (QED) is 0.360. The molecular formula is C15H17NO8. The number of hydrogen-bond acceptors (Lipinski definition) is 8. The predicted octanol–water partition coefficient (Wildman–Crippen LogP) is 0.293. The second-order valence-corrected chi connectivity index (χ2v) is 5.27. The van der Waals surface area contributed by atoms with Crippen molar-refractivity contribution in [3.05, 3.63) is 16.7 Å². The van der Waals surface area contributed by atoms with Crippen LogP contribution in [-0.2, 0) is 9.59 Å². The summed E-state index contributed by atoms with van der Waals surface area (Å²) in [5, 5.41) is 38.8. The van der Waals surface area contributed by atoms with E-state index < -0.39 is 69.2 Å². The van der Waals surface area contributed by atoms with Gasteiger partial charge in [-0.1, -0.05) is 0 Å². The Morgan fingerprint density at radius 2 is 1.29 bits per heavy atom. The normalized spacial score (nSPS) is 13.2. The van der Waals surface area contributed by atoms with Crippen LogP contribution in [0.1, 0.15) is 53.0 Å². The van der Waals surface area contributed by atoms with Crippen LogP contribution in [0.3, 0.4) is 0 Å². The number of carboxylic acids is 1. The van der Waals surface area contributed by atoms with E-state index in [-0.39, 0.29) is 0 Å². The highest BCUT2D eigenvalue weighted by Crippen LogP contribution is 2.47. The van der Waals surface area contributed by atoms with Gasteiger partial charge in [0.2, 0.25) is 5.75 Å². The molecule has 2 atom stereocenters. The molecule has 2 unspecified atom stereocenters. The molecule has 0 bridgehead atoms. The van der Waals surface area contributed by atoms with Crippen LogP contribution in [0.25, 0.3) is 0 Å². The van der Waals surface area contributed by atoms with E-state index in [0.29, 0.717) is 0 Å². The van der Waals surface area contributed by atoms with Crippen molar-refractivity contribution in [2.45, 2.75) is 32.7 Å². The van der Waals surface area contributed by atoms with Gasteiger partial charge in [-0.3, -0.25) is 19.2 Å². The van der Waals surface area contributed by atoms with Gasteiger partial charge < -0.3 is 26.2 Å². The summed E-state index contributed by atoms with van der Waals surface area (Å²) in [6.45, 7) is 2.96. The summed E-state index contributed by atoms with van der Waals surface area (Å²) >= 11 is 0. The van der Waals surface area contributed by atoms with E-state index in [2.05, 4.69) is 0 Å². The fraction of sp³-hybridized carbons (Fsp3) is 0.333. The summed E-state index contributed by atoms with van der Waals surface area (Å²) < 4.78 is 0. The van der Waals surface area contributed by atoms with Crippen LogP contribution in [0.4, 0.5) is 0 Å². The summed E-state index contributed by atoms with van der Waals surface area (Å²) in [5.41, 5.74) is 3.68. The number of carboxylic acid groups (broad SMARTS) is 1. The molecule has 6 N–H and O–H groups in total. The number of benzene rings is 1. The standard InChI is InChI=1S/C15H17NO8/c1-4(17)7-9(6(3)19)12(20)14(22)13(21)10(7)8(5(2)18)11(16)15(23)24/h8,11,20-22H,16H2,1-3H3,(H,23,24). The molecule has 0 fully saturated rings. The third-order valence-electron chi connectivity index (χ3n) is 3.56. The number of rotatable bonds is 6. The number of phenols is 3. The highest BCUT2D eigenvalue weighted by atomic mass is 16.4. The van der Waals surface area contributed by atoms with Crippen molar-refractivity contribution in [2.24, 2.45) is 5.73 Å². The Morgan fingerprint density at radius 3 is 1.62 bits per heavy atom. The van der Waals surface area contributed by atoms with Gasteiger partial charge in [0, 0.05) is 11.1 Å². The average Bonchev–Trinajstić information content (AvgIpc) is 2.45. The van der Waals surface area contributed by atoms with Gasteiger partial charge in [0.05, 0.1) is 11.5 Å². The molecule has 0 saturated carbocycles. The lowest BCUT2D eigenvalue weighted by Crippen LogP contribution is -2.40. The SMILES string of the molecule is CC(=O)c1c(O)c(O)c(O)c(C(C(C)=O)C(N)C(=O)O)c1C(C)=O. The van der Waals surface area contributed by atoms with Crippen molar-refractivity contribution < 1.29 is 39.6 Å². The molecule has 0 amide bonds. The molecule has 24 heavy (non-hydrogen) atoms. The van der Waals surface area contributed by atoms with Crippen LogP contribution >= 0.6 is 0 Å². The largest absolute Gasteiger partial charge is 0.504 e.